The van der Waals surface area contributed by atoms with Crippen molar-refractivity contribution in [3.63, 3.8) is 0 Å². The Bertz CT molecular complexity index is 402. The zero-order valence-corrected chi connectivity index (χ0v) is 11.6. The van der Waals surface area contributed by atoms with E-state index in [1.165, 1.54) is 24.8 Å². The number of nitrogens with two attached hydrogens (primary N) is 1. The van der Waals surface area contributed by atoms with Crippen molar-refractivity contribution in [2.45, 2.75) is 51.5 Å². The lowest BCUT2D eigenvalue weighted by atomic mass is 9.83. The molecule has 1 aliphatic carbocycles. The largest absolute Gasteiger partial charge is 0.321 e. The van der Waals surface area contributed by atoms with Crippen LogP contribution in [0.25, 0.3) is 0 Å². The number of aryl methyl sites for hydroxylation is 1. The summed E-state index contributed by atoms with van der Waals surface area (Å²) in [6.07, 6.45) is 5.91. The van der Waals surface area contributed by atoms with Crippen molar-refractivity contribution in [1.29, 1.82) is 0 Å². The van der Waals surface area contributed by atoms with Gasteiger partial charge in [-0.15, -0.1) is 0 Å². The monoisotopic (exact) mass is 251 g/mol. The van der Waals surface area contributed by atoms with Crippen LogP contribution in [0.5, 0.6) is 0 Å². The van der Waals surface area contributed by atoms with Gasteiger partial charge >= 0.3 is 0 Å². The molecule has 2 atom stereocenters. The first-order valence-electron chi connectivity index (χ1n) is 6.57. The summed E-state index contributed by atoms with van der Waals surface area (Å²) >= 11 is 6.21. The lowest BCUT2D eigenvalue weighted by molar-refractivity contribution is 0.378. The van der Waals surface area contributed by atoms with Crippen molar-refractivity contribution in [3.8, 4) is 0 Å². The maximum Gasteiger partial charge on any atom is 0.0438 e. The molecule has 0 bridgehead atoms. The molecule has 2 heteroatoms. The quantitative estimate of drug-likeness (QED) is 0.736. The van der Waals surface area contributed by atoms with Gasteiger partial charge in [-0.2, -0.15) is 0 Å². The first-order chi connectivity index (χ1) is 8.01. The van der Waals surface area contributed by atoms with Crippen LogP contribution in [0.15, 0.2) is 18.2 Å². The highest BCUT2D eigenvalue weighted by molar-refractivity contribution is 6.31. The number of hydrogen-bond donors (Lipinski definition) is 1. The number of rotatable bonds is 1. The third-order valence-electron chi connectivity index (χ3n) is 4.15. The molecule has 94 valence electrons. The summed E-state index contributed by atoms with van der Waals surface area (Å²) in [6.45, 7) is 4.36. The van der Waals surface area contributed by atoms with Gasteiger partial charge in [0.05, 0.1) is 0 Å². The topological polar surface area (TPSA) is 26.0 Å². The Morgan fingerprint density at radius 2 is 2.06 bits per heavy atom. The standard InChI is InChI=1S/C15H22ClN/c1-11-4-3-8-15(17,9-7-11)13-6-5-12(2)14(16)10-13/h5-6,10-11H,3-4,7-9,17H2,1-2H3. The van der Waals surface area contributed by atoms with Crippen molar-refractivity contribution in [2.24, 2.45) is 11.7 Å². The Balaban J connectivity index is 2.27. The van der Waals surface area contributed by atoms with Crippen molar-refractivity contribution in [2.75, 3.05) is 0 Å². The molecule has 1 nitrogen and oxygen atoms in total. The minimum absolute atomic E-state index is 0.165. The minimum atomic E-state index is -0.165. The smallest absolute Gasteiger partial charge is 0.0438 e. The number of benzene rings is 1. The van der Waals surface area contributed by atoms with Gasteiger partial charge in [-0.3, -0.25) is 0 Å². The number of halogens is 1. The molecule has 0 heterocycles. The van der Waals surface area contributed by atoms with Crippen LogP contribution in [-0.2, 0) is 5.54 Å². The van der Waals surface area contributed by atoms with Crippen molar-refractivity contribution >= 4 is 11.6 Å². The Morgan fingerprint density at radius 1 is 1.29 bits per heavy atom. The van der Waals surface area contributed by atoms with E-state index in [2.05, 4.69) is 25.1 Å². The van der Waals surface area contributed by atoms with Gasteiger partial charge in [-0.25, -0.2) is 0 Å². The third-order valence-corrected chi connectivity index (χ3v) is 4.56. The second kappa shape index (κ2) is 4.99. The fourth-order valence-corrected chi connectivity index (χ4v) is 2.91. The Kier molecular flexibility index (Phi) is 3.79. The lowest BCUT2D eigenvalue weighted by Gasteiger charge is -2.29. The van der Waals surface area contributed by atoms with Crippen LogP contribution in [0.4, 0.5) is 0 Å². The van der Waals surface area contributed by atoms with Gasteiger partial charge in [0, 0.05) is 10.6 Å². The van der Waals surface area contributed by atoms with Gasteiger partial charge < -0.3 is 5.73 Å². The van der Waals surface area contributed by atoms with Crippen molar-refractivity contribution in [1.82, 2.24) is 0 Å². The van der Waals surface area contributed by atoms with Crippen LogP contribution in [0.3, 0.4) is 0 Å². The average Bonchev–Trinajstić information content (AvgIpc) is 2.46. The highest BCUT2D eigenvalue weighted by Crippen LogP contribution is 2.36. The molecule has 0 spiro atoms. The molecule has 0 saturated heterocycles. The van der Waals surface area contributed by atoms with Gasteiger partial charge in [0.25, 0.3) is 0 Å². The fourth-order valence-electron chi connectivity index (χ4n) is 2.73. The van der Waals surface area contributed by atoms with Crippen LogP contribution in [0.1, 0.15) is 50.2 Å². The molecule has 1 aliphatic rings. The van der Waals surface area contributed by atoms with Crippen molar-refractivity contribution < 1.29 is 0 Å². The first-order valence-corrected chi connectivity index (χ1v) is 6.94. The molecule has 0 amide bonds. The second-order valence-corrected chi connectivity index (χ2v) is 6.06. The van der Waals surface area contributed by atoms with Gasteiger partial charge in [0.15, 0.2) is 0 Å². The molecule has 1 saturated carbocycles. The van der Waals surface area contributed by atoms with E-state index in [0.717, 1.165) is 29.3 Å². The summed E-state index contributed by atoms with van der Waals surface area (Å²) in [7, 11) is 0. The van der Waals surface area contributed by atoms with Crippen LogP contribution < -0.4 is 5.73 Å². The molecule has 1 aromatic rings. The van der Waals surface area contributed by atoms with E-state index in [0.29, 0.717) is 0 Å². The molecule has 2 rings (SSSR count). The van der Waals surface area contributed by atoms with E-state index >= 15 is 0 Å². The molecule has 1 aromatic carbocycles. The minimum Gasteiger partial charge on any atom is -0.321 e. The molecule has 2 N–H and O–H groups in total. The van der Waals surface area contributed by atoms with Crippen LogP contribution >= 0.6 is 11.6 Å². The normalized spacial score (nSPS) is 30.0. The Morgan fingerprint density at radius 3 is 2.76 bits per heavy atom. The van der Waals surface area contributed by atoms with Gasteiger partial charge in [0.2, 0.25) is 0 Å². The van der Waals surface area contributed by atoms with E-state index in [1.807, 2.05) is 6.92 Å². The second-order valence-electron chi connectivity index (χ2n) is 5.66. The third kappa shape index (κ3) is 2.83. The summed E-state index contributed by atoms with van der Waals surface area (Å²) in [6, 6.07) is 6.30. The molecule has 17 heavy (non-hydrogen) atoms. The summed E-state index contributed by atoms with van der Waals surface area (Å²) in [4.78, 5) is 0. The number of hydrogen-bond acceptors (Lipinski definition) is 1. The van der Waals surface area contributed by atoms with Crippen molar-refractivity contribution in [3.05, 3.63) is 34.3 Å². The molecular weight excluding hydrogens is 230 g/mol. The maximum absolute atomic E-state index is 6.60. The highest BCUT2D eigenvalue weighted by atomic mass is 35.5. The van der Waals surface area contributed by atoms with Crippen LogP contribution in [0, 0.1) is 12.8 Å². The summed E-state index contributed by atoms with van der Waals surface area (Å²) < 4.78 is 0. The summed E-state index contributed by atoms with van der Waals surface area (Å²) in [5, 5.41) is 0.838. The fraction of sp³-hybridized carbons (Fsp3) is 0.600. The van der Waals surface area contributed by atoms with E-state index in [9.17, 15) is 0 Å². The zero-order valence-electron chi connectivity index (χ0n) is 10.8. The molecular formula is C15H22ClN. The Hall–Kier alpha value is -0.530. The predicted molar refractivity (Wildman–Crippen MR) is 74.3 cm³/mol. The van der Waals surface area contributed by atoms with Gasteiger partial charge in [-0.1, -0.05) is 43.5 Å². The maximum atomic E-state index is 6.60. The molecule has 2 unspecified atom stereocenters. The van der Waals surface area contributed by atoms with Crippen LogP contribution in [-0.4, -0.2) is 0 Å². The average molecular weight is 252 g/mol. The van der Waals surface area contributed by atoms with Crippen LogP contribution in [0.2, 0.25) is 5.02 Å². The molecule has 0 aliphatic heterocycles. The summed E-state index contributed by atoms with van der Waals surface area (Å²) in [5.74, 6) is 0.807. The molecule has 0 aromatic heterocycles. The summed E-state index contributed by atoms with van der Waals surface area (Å²) in [5.41, 5.74) is 8.77. The Labute approximate surface area is 109 Å². The first kappa shape index (κ1) is 12.9. The van der Waals surface area contributed by atoms with Gasteiger partial charge in [0.1, 0.15) is 0 Å². The lowest BCUT2D eigenvalue weighted by Crippen LogP contribution is -2.36. The predicted octanol–water partition coefficient (Wildman–Crippen LogP) is 4.40. The van der Waals surface area contributed by atoms with Gasteiger partial charge in [-0.05, 0) is 49.3 Å². The van der Waals surface area contributed by atoms with E-state index in [1.54, 1.807) is 0 Å². The molecule has 1 fully saturated rings. The SMILES string of the molecule is Cc1ccc(C2(N)CCCC(C)CC2)cc1Cl. The highest BCUT2D eigenvalue weighted by Gasteiger charge is 2.30. The zero-order chi connectivity index (χ0) is 12.5. The van der Waals surface area contributed by atoms with E-state index in [-0.39, 0.29) is 5.54 Å². The van der Waals surface area contributed by atoms with E-state index in [4.69, 9.17) is 17.3 Å². The van der Waals surface area contributed by atoms with E-state index < -0.39 is 0 Å². The molecule has 0 radical (unpaired) electrons.